The molecule has 0 aromatic heterocycles. The summed E-state index contributed by atoms with van der Waals surface area (Å²) in [5, 5.41) is 1.81. The molecule has 28 heavy (non-hydrogen) atoms. The van der Waals surface area contributed by atoms with Crippen molar-refractivity contribution in [3.63, 3.8) is 0 Å². The Morgan fingerprint density at radius 1 is 1.07 bits per heavy atom. The molecule has 2 aromatic rings. The molecule has 0 bridgehead atoms. The minimum atomic E-state index is -0.888. The largest absolute Gasteiger partial charge is 0.462 e. The Bertz CT molecular complexity index is 830. The zero-order valence-corrected chi connectivity index (χ0v) is 16.8. The van der Waals surface area contributed by atoms with E-state index < -0.39 is 28.8 Å². The maximum Gasteiger partial charge on any atom is 0.319 e. The van der Waals surface area contributed by atoms with Crippen LogP contribution in [0.25, 0.3) is 0 Å². The van der Waals surface area contributed by atoms with Gasteiger partial charge in [0, 0.05) is 16.5 Å². The van der Waals surface area contributed by atoms with Crippen LogP contribution in [-0.4, -0.2) is 23.2 Å². The molecule has 0 aliphatic rings. The summed E-state index contributed by atoms with van der Waals surface area (Å²) in [4.78, 5) is 24.6. The lowest BCUT2D eigenvalue weighted by Crippen LogP contribution is -2.24. The Morgan fingerprint density at radius 3 is 2.36 bits per heavy atom. The standard InChI is InChI=1S/C21H23F2NO3S/c1-4-13(3)27-21(26)18(5-2)28-19-12-17(15(22)11-16(19)23)24-20(25)14-9-7-6-8-10-14/h6-13,18H,4-5H2,1-3H3,(H,24,25). The molecule has 2 unspecified atom stereocenters. The van der Waals surface area contributed by atoms with E-state index in [2.05, 4.69) is 5.32 Å². The predicted octanol–water partition coefficient (Wildman–Crippen LogP) is 5.43. The lowest BCUT2D eigenvalue weighted by atomic mass is 10.2. The van der Waals surface area contributed by atoms with Crippen LogP contribution in [0.2, 0.25) is 0 Å². The van der Waals surface area contributed by atoms with Crippen LogP contribution in [0.4, 0.5) is 14.5 Å². The van der Waals surface area contributed by atoms with Crippen molar-refractivity contribution in [1.82, 2.24) is 0 Å². The molecule has 0 aliphatic carbocycles. The number of benzene rings is 2. The van der Waals surface area contributed by atoms with Gasteiger partial charge in [-0.3, -0.25) is 9.59 Å². The lowest BCUT2D eigenvalue weighted by molar-refractivity contribution is -0.147. The van der Waals surface area contributed by atoms with Crippen molar-refractivity contribution in [2.45, 2.75) is 49.9 Å². The Balaban J connectivity index is 2.19. The van der Waals surface area contributed by atoms with Gasteiger partial charge in [0.05, 0.1) is 11.8 Å². The van der Waals surface area contributed by atoms with Crippen molar-refractivity contribution in [2.75, 3.05) is 5.32 Å². The van der Waals surface area contributed by atoms with Crippen molar-refractivity contribution in [3.8, 4) is 0 Å². The van der Waals surface area contributed by atoms with Gasteiger partial charge in [-0.2, -0.15) is 0 Å². The van der Waals surface area contributed by atoms with Crippen molar-refractivity contribution in [3.05, 3.63) is 59.7 Å². The molecule has 7 heteroatoms. The number of amides is 1. The molecule has 150 valence electrons. The summed E-state index contributed by atoms with van der Waals surface area (Å²) in [6, 6.07) is 10.2. The first kappa shape index (κ1) is 21.9. The van der Waals surface area contributed by atoms with Gasteiger partial charge in [0.2, 0.25) is 0 Å². The molecule has 0 spiro atoms. The molecule has 0 fully saturated rings. The lowest BCUT2D eigenvalue weighted by Gasteiger charge is -2.18. The van der Waals surface area contributed by atoms with Crippen LogP contribution >= 0.6 is 11.8 Å². The molecule has 0 aliphatic heterocycles. The molecule has 2 rings (SSSR count). The van der Waals surface area contributed by atoms with Crippen LogP contribution in [0.5, 0.6) is 0 Å². The van der Waals surface area contributed by atoms with Crippen LogP contribution < -0.4 is 5.32 Å². The van der Waals surface area contributed by atoms with E-state index in [1.807, 2.05) is 6.92 Å². The van der Waals surface area contributed by atoms with E-state index in [9.17, 15) is 18.4 Å². The number of nitrogens with one attached hydrogen (secondary N) is 1. The number of rotatable bonds is 8. The second-order valence-corrected chi connectivity index (χ2v) is 7.50. The first-order valence-electron chi connectivity index (χ1n) is 9.08. The number of anilines is 1. The zero-order chi connectivity index (χ0) is 20.7. The van der Waals surface area contributed by atoms with Gasteiger partial charge in [0.15, 0.2) is 0 Å². The molecular formula is C21H23F2NO3S. The number of carbonyl (C=O) groups excluding carboxylic acids is 2. The molecule has 2 aromatic carbocycles. The third-order valence-corrected chi connectivity index (χ3v) is 5.48. The Labute approximate surface area is 167 Å². The predicted molar refractivity (Wildman–Crippen MR) is 107 cm³/mol. The van der Waals surface area contributed by atoms with Crippen molar-refractivity contribution < 1.29 is 23.1 Å². The van der Waals surface area contributed by atoms with E-state index in [-0.39, 0.29) is 16.7 Å². The van der Waals surface area contributed by atoms with Crippen LogP contribution in [0.1, 0.15) is 44.0 Å². The third-order valence-electron chi connectivity index (χ3n) is 4.10. The summed E-state index contributed by atoms with van der Waals surface area (Å²) in [5.41, 5.74) is 0.201. The molecule has 0 saturated carbocycles. The Kier molecular flexibility index (Phi) is 7.99. The topological polar surface area (TPSA) is 55.4 Å². The van der Waals surface area contributed by atoms with Gasteiger partial charge >= 0.3 is 5.97 Å². The van der Waals surface area contributed by atoms with Gasteiger partial charge in [-0.1, -0.05) is 32.0 Å². The van der Waals surface area contributed by atoms with Crippen LogP contribution in [0.15, 0.2) is 47.4 Å². The first-order chi connectivity index (χ1) is 13.3. The normalized spacial score (nSPS) is 12.9. The number of carbonyl (C=O) groups is 2. The summed E-state index contributed by atoms with van der Waals surface area (Å²) >= 11 is 0.954. The minimum Gasteiger partial charge on any atom is -0.462 e. The second-order valence-electron chi connectivity index (χ2n) is 6.25. The summed E-state index contributed by atoms with van der Waals surface area (Å²) in [5.74, 6) is -2.64. The third kappa shape index (κ3) is 5.79. The highest BCUT2D eigenvalue weighted by atomic mass is 32.2. The summed E-state index contributed by atoms with van der Waals surface area (Å²) in [6.45, 7) is 5.47. The first-order valence-corrected chi connectivity index (χ1v) is 9.96. The highest BCUT2D eigenvalue weighted by molar-refractivity contribution is 8.00. The number of esters is 1. The van der Waals surface area contributed by atoms with Gasteiger partial charge in [-0.05, 0) is 38.0 Å². The monoisotopic (exact) mass is 407 g/mol. The molecule has 1 amide bonds. The summed E-state index contributed by atoms with van der Waals surface area (Å²) in [7, 11) is 0. The Hall–Kier alpha value is -2.41. The quantitative estimate of drug-likeness (QED) is 0.468. The van der Waals surface area contributed by atoms with Crippen molar-refractivity contribution in [1.29, 1.82) is 0 Å². The number of hydrogen-bond donors (Lipinski definition) is 1. The van der Waals surface area contributed by atoms with E-state index in [1.165, 1.54) is 6.07 Å². The number of ether oxygens (including phenoxy) is 1. The van der Waals surface area contributed by atoms with Crippen LogP contribution in [-0.2, 0) is 9.53 Å². The van der Waals surface area contributed by atoms with Gasteiger partial charge < -0.3 is 10.1 Å². The molecule has 2 atom stereocenters. The zero-order valence-electron chi connectivity index (χ0n) is 16.0. The van der Waals surface area contributed by atoms with E-state index in [1.54, 1.807) is 44.2 Å². The van der Waals surface area contributed by atoms with E-state index in [0.717, 1.165) is 11.8 Å². The molecule has 0 radical (unpaired) electrons. The van der Waals surface area contributed by atoms with Crippen LogP contribution in [0, 0.1) is 11.6 Å². The average molecular weight is 407 g/mol. The minimum absolute atomic E-state index is 0.0673. The van der Waals surface area contributed by atoms with Gasteiger partial charge in [0.1, 0.15) is 16.9 Å². The fraction of sp³-hybridized carbons (Fsp3) is 0.333. The van der Waals surface area contributed by atoms with Gasteiger partial charge in [-0.25, -0.2) is 8.78 Å². The van der Waals surface area contributed by atoms with Gasteiger partial charge in [-0.15, -0.1) is 11.8 Å². The fourth-order valence-corrected chi connectivity index (χ4v) is 3.29. The number of thioether (sulfide) groups is 1. The number of halogens is 2. The van der Waals surface area contributed by atoms with Crippen molar-refractivity contribution >= 4 is 29.3 Å². The average Bonchev–Trinajstić information content (AvgIpc) is 2.69. The highest BCUT2D eigenvalue weighted by Gasteiger charge is 2.24. The van der Waals surface area contributed by atoms with E-state index in [0.29, 0.717) is 24.5 Å². The van der Waals surface area contributed by atoms with Crippen LogP contribution in [0.3, 0.4) is 0 Å². The highest BCUT2D eigenvalue weighted by Crippen LogP contribution is 2.32. The van der Waals surface area contributed by atoms with Gasteiger partial charge in [0.25, 0.3) is 5.91 Å². The van der Waals surface area contributed by atoms with Crippen molar-refractivity contribution in [2.24, 2.45) is 0 Å². The van der Waals surface area contributed by atoms with E-state index in [4.69, 9.17) is 4.74 Å². The number of hydrogen-bond acceptors (Lipinski definition) is 4. The summed E-state index contributed by atoms with van der Waals surface area (Å²) in [6.07, 6.45) is 0.858. The maximum atomic E-state index is 14.3. The second kappa shape index (κ2) is 10.2. The molecule has 1 N–H and O–H groups in total. The SMILES string of the molecule is CCC(C)OC(=O)C(CC)Sc1cc(NC(=O)c2ccccc2)c(F)cc1F. The maximum absolute atomic E-state index is 14.3. The smallest absolute Gasteiger partial charge is 0.319 e. The molecule has 4 nitrogen and oxygen atoms in total. The Morgan fingerprint density at radius 2 is 1.75 bits per heavy atom. The molecule has 0 heterocycles. The van der Waals surface area contributed by atoms with E-state index >= 15 is 0 Å². The molecule has 0 saturated heterocycles. The fourth-order valence-electron chi connectivity index (χ4n) is 2.31. The summed E-state index contributed by atoms with van der Waals surface area (Å²) < 4.78 is 33.7. The molecular weight excluding hydrogens is 384 g/mol.